The lowest BCUT2D eigenvalue weighted by atomic mass is 10.1. The normalized spacial score (nSPS) is 10.6. The van der Waals surface area contributed by atoms with Gasteiger partial charge in [-0.2, -0.15) is 0 Å². The highest BCUT2D eigenvalue weighted by atomic mass is 16.5. The van der Waals surface area contributed by atoms with Crippen molar-refractivity contribution in [1.29, 1.82) is 0 Å². The highest BCUT2D eigenvalue weighted by Gasteiger charge is 2.17. The Kier molecular flexibility index (Phi) is 5.97. The molecule has 0 spiro atoms. The van der Waals surface area contributed by atoms with Crippen molar-refractivity contribution in [3.05, 3.63) is 65.4 Å². The van der Waals surface area contributed by atoms with Gasteiger partial charge in [0, 0.05) is 28.2 Å². The number of esters is 2. The Morgan fingerprint density at radius 3 is 2.48 bits per heavy atom. The van der Waals surface area contributed by atoms with Crippen molar-refractivity contribution in [2.45, 2.75) is 20.1 Å². The SMILES string of the molecule is COC(=O)c1cn(CC(=O)OCc2cc(C(C)=O)ccc2OC)c2ccccc12. The molecule has 7 nitrogen and oxygen atoms in total. The topological polar surface area (TPSA) is 83.8 Å². The Balaban J connectivity index is 1.78. The maximum Gasteiger partial charge on any atom is 0.340 e. The zero-order valence-corrected chi connectivity index (χ0v) is 16.4. The first-order valence-electron chi connectivity index (χ1n) is 8.94. The fourth-order valence-corrected chi connectivity index (χ4v) is 3.10. The smallest absolute Gasteiger partial charge is 0.340 e. The third-order valence-electron chi connectivity index (χ3n) is 4.57. The van der Waals surface area contributed by atoms with Gasteiger partial charge in [-0.05, 0) is 31.2 Å². The van der Waals surface area contributed by atoms with Crippen molar-refractivity contribution in [3.63, 3.8) is 0 Å². The van der Waals surface area contributed by atoms with Crippen molar-refractivity contribution < 1.29 is 28.6 Å². The first-order chi connectivity index (χ1) is 13.9. The van der Waals surface area contributed by atoms with Gasteiger partial charge in [-0.3, -0.25) is 9.59 Å². The van der Waals surface area contributed by atoms with Gasteiger partial charge in [0.1, 0.15) is 18.9 Å². The van der Waals surface area contributed by atoms with Gasteiger partial charge in [-0.1, -0.05) is 18.2 Å². The molecule has 0 saturated heterocycles. The van der Waals surface area contributed by atoms with E-state index in [1.54, 1.807) is 35.0 Å². The van der Waals surface area contributed by atoms with Gasteiger partial charge in [-0.25, -0.2) is 4.79 Å². The highest BCUT2D eigenvalue weighted by molar-refractivity contribution is 6.04. The summed E-state index contributed by atoms with van der Waals surface area (Å²) in [5.74, 6) is -0.520. The zero-order chi connectivity index (χ0) is 21.0. The number of nitrogens with zero attached hydrogens (tertiary/aromatic N) is 1. The first-order valence-corrected chi connectivity index (χ1v) is 8.94. The number of hydrogen-bond donors (Lipinski definition) is 0. The van der Waals surface area contributed by atoms with E-state index in [1.165, 1.54) is 21.1 Å². The van der Waals surface area contributed by atoms with Crippen molar-refractivity contribution in [1.82, 2.24) is 4.57 Å². The number of ether oxygens (including phenoxy) is 3. The molecule has 0 amide bonds. The summed E-state index contributed by atoms with van der Waals surface area (Å²) in [7, 11) is 2.82. The number of methoxy groups -OCH3 is 2. The minimum atomic E-state index is -0.488. The lowest BCUT2D eigenvalue weighted by Gasteiger charge is -2.11. The van der Waals surface area contributed by atoms with Crippen molar-refractivity contribution in [2.24, 2.45) is 0 Å². The molecule has 0 saturated carbocycles. The predicted molar refractivity (Wildman–Crippen MR) is 106 cm³/mol. The van der Waals surface area contributed by atoms with Crippen LogP contribution in [0.15, 0.2) is 48.7 Å². The van der Waals surface area contributed by atoms with Gasteiger partial charge in [0.2, 0.25) is 0 Å². The van der Waals surface area contributed by atoms with Gasteiger partial charge in [-0.15, -0.1) is 0 Å². The summed E-state index contributed by atoms with van der Waals surface area (Å²) in [5, 5.41) is 0.697. The van der Waals surface area contributed by atoms with Crippen LogP contribution in [0.25, 0.3) is 10.9 Å². The summed E-state index contributed by atoms with van der Waals surface area (Å²) in [6.45, 7) is 1.35. The lowest BCUT2D eigenvalue weighted by Crippen LogP contribution is -2.13. The zero-order valence-electron chi connectivity index (χ0n) is 16.4. The van der Waals surface area contributed by atoms with E-state index in [4.69, 9.17) is 14.2 Å². The molecule has 0 N–H and O–H groups in total. The van der Waals surface area contributed by atoms with Crippen LogP contribution >= 0.6 is 0 Å². The molecule has 0 aliphatic rings. The van der Waals surface area contributed by atoms with Crippen LogP contribution in [0.4, 0.5) is 0 Å². The van der Waals surface area contributed by atoms with Crippen LogP contribution in [-0.4, -0.2) is 36.5 Å². The summed E-state index contributed by atoms with van der Waals surface area (Å²) >= 11 is 0. The molecule has 0 aliphatic heterocycles. The number of para-hydroxylation sites is 1. The third kappa shape index (κ3) is 4.29. The molecule has 150 valence electrons. The molecule has 0 bridgehead atoms. The summed E-state index contributed by atoms with van der Waals surface area (Å²) in [6.07, 6.45) is 1.58. The first kappa shape index (κ1) is 20.1. The number of ketones is 1. The Bertz CT molecular complexity index is 1080. The van der Waals surface area contributed by atoms with Crippen LogP contribution in [0.1, 0.15) is 33.2 Å². The van der Waals surface area contributed by atoms with Crippen molar-refractivity contribution in [3.8, 4) is 5.75 Å². The summed E-state index contributed by atoms with van der Waals surface area (Å²) < 4.78 is 17.1. The lowest BCUT2D eigenvalue weighted by molar-refractivity contribution is -0.145. The van der Waals surface area contributed by atoms with Gasteiger partial charge < -0.3 is 18.8 Å². The van der Waals surface area contributed by atoms with E-state index in [9.17, 15) is 14.4 Å². The molecule has 0 radical (unpaired) electrons. The number of aromatic nitrogens is 1. The van der Waals surface area contributed by atoms with Gasteiger partial charge in [0.25, 0.3) is 0 Å². The predicted octanol–water partition coefficient (Wildman–Crippen LogP) is 3.38. The number of rotatable bonds is 7. The van der Waals surface area contributed by atoms with Crippen molar-refractivity contribution in [2.75, 3.05) is 14.2 Å². The van der Waals surface area contributed by atoms with Gasteiger partial charge in [0.05, 0.1) is 19.8 Å². The maximum absolute atomic E-state index is 12.4. The molecular weight excluding hydrogens is 374 g/mol. The molecule has 0 aliphatic carbocycles. The Labute approximate surface area is 167 Å². The number of carbonyl (C=O) groups is 3. The van der Waals surface area contributed by atoms with Gasteiger partial charge in [0.15, 0.2) is 5.78 Å². The average molecular weight is 395 g/mol. The molecule has 0 fully saturated rings. The minimum Gasteiger partial charge on any atom is -0.496 e. The molecule has 0 atom stereocenters. The van der Waals surface area contributed by atoms with Crippen LogP contribution in [0, 0.1) is 0 Å². The van der Waals surface area contributed by atoms with Gasteiger partial charge >= 0.3 is 11.9 Å². The van der Waals surface area contributed by atoms with E-state index in [-0.39, 0.29) is 18.9 Å². The molecule has 2 aromatic carbocycles. The molecule has 29 heavy (non-hydrogen) atoms. The van der Waals surface area contributed by atoms with E-state index in [2.05, 4.69) is 0 Å². The van der Waals surface area contributed by atoms with Crippen LogP contribution in [0.5, 0.6) is 5.75 Å². The van der Waals surface area contributed by atoms with Crippen LogP contribution in [0.3, 0.4) is 0 Å². The molecule has 0 unspecified atom stereocenters. The second-order valence-corrected chi connectivity index (χ2v) is 6.42. The third-order valence-corrected chi connectivity index (χ3v) is 4.57. The average Bonchev–Trinajstić information content (AvgIpc) is 3.09. The van der Waals surface area contributed by atoms with Crippen LogP contribution < -0.4 is 4.74 Å². The van der Waals surface area contributed by atoms with Crippen LogP contribution in [0.2, 0.25) is 0 Å². The number of carbonyl (C=O) groups excluding carboxylic acids is 3. The number of fused-ring (bicyclic) bond motifs is 1. The second-order valence-electron chi connectivity index (χ2n) is 6.42. The maximum atomic E-state index is 12.4. The Morgan fingerprint density at radius 2 is 1.79 bits per heavy atom. The fourth-order valence-electron chi connectivity index (χ4n) is 3.10. The largest absolute Gasteiger partial charge is 0.496 e. The monoisotopic (exact) mass is 395 g/mol. The van der Waals surface area contributed by atoms with E-state index in [0.29, 0.717) is 27.8 Å². The molecule has 1 heterocycles. The standard InChI is InChI=1S/C22H21NO6/c1-14(24)15-8-9-20(27-2)16(10-15)13-29-21(25)12-23-11-18(22(26)28-3)17-6-4-5-7-19(17)23/h4-11H,12-13H2,1-3H3. The Morgan fingerprint density at radius 1 is 1.03 bits per heavy atom. The molecule has 3 aromatic rings. The molecular formula is C22H21NO6. The Hall–Kier alpha value is -3.61. The van der Waals surface area contributed by atoms with Crippen molar-refractivity contribution >= 4 is 28.6 Å². The summed E-state index contributed by atoms with van der Waals surface area (Å²) in [6, 6.07) is 12.2. The quantitative estimate of drug-likeness (QED) is 0.450. The fraction of sp³-hybridized carbons (Fsp3) is 0.227. The molecule has 7 heteroatoms. The van der Waals surface area contributed by atoms with E-state index in [1.807, 2.05) is 18.2 Å². The molecule has 1 aromatic heterocycles. The van der Waals surface area contributed by atoms with E-state index >= 15 is 0 Å². The second kappa shape index (κ2) is 8.60. The van der Waals surface area contributed by atoms with Crippen LogP contribution in [-0.2, 0) is 27.4 Å². The highest BCUT2D eigenvalue weighted by Crippen LogP contribution is 2.23. The summed E-state index contributed by atoms with van der Waals surface area (Å²) in [5.41, 5.74) is 2.21. The minimum absolute atomic E-state index is 0.0355. The number of hydrogen-bond acceptors (Lipinski definition) is 6. The molecule has 3 rings (SSSR count). The van der Waals surface area contributed by atoms with E-state index in [0.717, 1.165) is 5.52 Å². The summed E-state index contributed by atoms with van der Waals surface area (Å²) in [4.78, 5) is 36.0. The number of benzene rings is 2. The number of Topliss-reactive ketones (excluding diaryl/α,β-unsaturated/α-hetero) is 1. The van der Waals surface area contributed by atoms with E-state index < -0.39 is 11.9 Å².